The van der Waals surface area contributed by atoms with Gasteiger partial charge in [0.1, 0.15) is 6.61 Å². The van der Waals surface area contributed by atoms with Gasteiger partial charge in [0.25, 0.3) is 0 Å². The van der Waals surface area contributed by atoms with E-state index in [-0.39, 0.29) is 23.1 Å². The summed E-state index contributed by atoms with van der Waals surface area (Å²) in [6.45, 7) is 1.26. The lowest BCUT2D eigenvalue weighted by Gasteiger charge is -2.12. The number of carbonyl (C=O) groups is 1. The highest BCUT2D eigenvalue weighted by molar-refractivity contribution is 5.66. The number of pyridine rings is 1. The molecule has 7 nitrogen and oxygen atoms in total. The molecule has 0 aliphatic carbocycles. The van der Waals surface area contributed by atoms with E-state index in [9.17, 15) is 22.4 Å². The normalized spacial score (nSPS) is 11.3. The molecule has 0 bridgehead atoms. The molecule has 0 N–H and O–H groups in total. The minimum atomic E-state index is -4.74. The van der Waals surface area contributed by atoms with Gasteiger partial charge in [-0.1, -0.05) is 40.0 Å². The third kappa shape index (κ3) is 5.27. The number of benzene rings is 1. The third-order valence-corrected chi connectivity index (χ3v) is 3.74. The van der Waals surface area contributed by atoms with Crippen LogP contribution in [0, 0.1) is 6.92 Å². The predicted octanol–water partition coefficient (Wildman–Crippen LogP) is 4.48. The molecule has 0 aliphatic heterocycles. The number of carbonyl (C=O) groups excluding carboxylic acids is 1. The van der Waals surface area contributed by atoms with Crippen molar-refractivity contribution in [2.75, 3.05) is 0 Å². The summed E-state index contributed by atoms with van der Waals surface area (Å²) < 4.78 is 60.5. The summed E-state index contributed by atoms with van der Waals surface area (Å²) in [6, 6.07) is 9.05. The van der Waals surface area contributed by atoms with Gasteiger partial charge in [-0.15, -0.1) is 5.12 Å². The molecule has 0 fully saturated rings. The van der Waals surface area contributed by atoms with E-state index in [0.29, 0.717) is 11.1 Å². The number of aryl methyl sites for hydroxylation is 1. The second-order valence-electron chi connectivity index (χ2n) is 6.00. The molecule has 3 aromatic rings. The van der Waals surface area contributed by atoms with E-state index in [1.807, 2.05) is 0 Å². The standard InChI is InChI=1S/C18H14F4N4O3/c1-11-2-3-13(8-23-11)10-28-17(27)26(22)9-12-4-6-14(7-5-12)15-24-16(29-25-15)18(19,20)21/h2-8H,9-10H2,1H3. The largest absolute Gasteiger partial charge is 0.471 e. The fraction of sp³-hybridized carbons (Fsp3) is 0.222. The molecule has 2 aromatic heterocycles. The van der Waals surface area contributed by atoms with Crippen LogP contribution in [0.5, 0.6) is 0 Å². The van der Waals surface area contributed by atoms with Gasteiger partial charge in [-0.3, -0.25) is 4.98 Å². The van der Waals surface area contributed by atoms with Crippen LogP contribution in [0.3, 0.4) is 0 Å². The van der Waals surface area contributed by atoms with Crippen LogP contribution in [0.25, 0.3) is 11.4 Å². The number of nitrogens with zero attached hydrogens (tertiary/aromatic N) is 4. The first-order valence-corrected chi connectivity index (χ1v) is 8.24. The topological polar surface area (TPSA) is 81.4 Å². The summed E-state index contributed by atoms with van der Waals surface area (Å²) in [5, 5.41) is 3.14. The summed E-state index contributed by atoms with van der Waals surface area (Å²) in [5.74, 6) is -1.72. The average molecular weight is 410 g/mol. The summed E-state index contributed by atoms with van der Waals surface area (Å²) in [5.41, 5.74) is 2.03. The molecule has 1 amide bonds. The Morgan fingerprint density at radius 1 is 1.14 bits per heavy atom. The van der Waals surface area contributed by atoms with Crippen molar-refractivity contribution in [2.45, 2.75) is 26.3 Å². The zero-order valence-corrected chi connectivity index (χ0v) is 15.0. The van der Waals surface area contributed by atoms with Crippen LogP contribution < -0.4 is 0 Å². The smallest absolute Gasteiger partial charge is 0.443 e. The van der Waals surface area contributed by atoms with Crippen LogP contribution in [-0.4, -0.2) is 26.3 Å². The van der Waals surface area contributed by atoms with Crippen LogP contribution in [0.15, 0.2) is 47.1 Å². The van der Waals surface area contributed by atoms with E-state index in [4.69, 9.17) is 4.74 Å². The Bertz CT molecular complexity index is 972. The zero-order valence-electron chi connectivity index (χ0n) is 15.0. The molecular formula is C18H14F4N4O3. The van der Waals surface area contributed by atoms with Gasteiger partial charge in [0.05, 0.1) is 6.54 Å². The minimum absolute atomic E-state index is 0.118. The van der Waals surface area contributed by atoms with Crippen LogP contribution >= 0.6 is 0 Å². The first kappa shape index (κ1) is 20.2. The number of ether oxygens (including phenoxy) is 1. The quantitative estimate of drug-likeness (QED) is 0.456. The van der Waals surface area contributed by atoms with Crippen molar-refractivity contribution >= 4 is 6.09 Å². The van der Waals surface area contributed by atoms with Crippen LogP contribution in [-0.2, 0) is 24.1 Å². The van der Waals surface area contributed by atoms with E-state index in [0.717, 1.165) is 5.69 Å². The molecule has 0 aliphatic rings. The van der Waals surface area contributed by atoms with Crippen molar-refractivity contribution in [2.24, 2.45) is 0 Å². The molecule has 152 valence electrons. The summed E-state index contributed by atoms with van der Waals surface area (Å²) in [7, 11) is 0. The molecule has 2 heterocycles. The van der Waals surface area contributed by atoms with E-state index in [1.54, 1.807) is 19.1 Å². The molecule has 0 atom stereocenters. The monoisotopic (exact) mass is 410 g/mol. The lowest BCUT2D eigenvalue weighted by atomic mass is 10.1. The molecular weight excluding hydrogens is 396 g/mol. The van der Waals surface area contributed by atoms with Crippen molar-refractivity contribution in [3.8, 4) is 11.4 Å². The third-order valence-electron chi connectivity index (χ3n) is 3.74. The lowest BCUT2D eigenvalue weighted by Crippen LogP contribution is -2.23. The maximum absolute atomic E-state index is 14.0. The number of rotatable bonds is 5. The van der Waals surface area contributed by atoms with E-state index < -0.39 is 24.7 Å². The highest BCUT2D eigenvalue weighted by atomic mass is 19.4. The number of halogens is 4. The van der Waals surface area contributed by atoms with Gasteiger partial charge in [0.2, 0.25) is 5.82 Å². The Morgan fingerprint density at radius 2 is 1.83 bits per heavy atom. The molecule has 29 heavy (non-hydrogen) atoms. The summed E-state index contributed by atoms with van der Waals surface area (Å²) >= 11 is 0. The Morgan fingerprint density at radius 3 is 2.41 bits per heavy atom. The Hall–Kier alpha value is -3.50. The number of alkyl halides is 3. The summed E-state index contributed by atoms with van der Waals surface area (Å²) in [6.07, 6.45) is -4.40. The molecule has 3 rings (SSSR count). The van der Waals surface area contributed by atoms with Crippen molar-refractivity contribution in [3.63, 3.8) is 0 Å². The number of aromatic nitrogens is 3. The van der Waals surface area contributed by atoms with Gasteiger partial charge >= 0.3 is 18.2 Å². The first-order chi connectivity index (χ1) is 13.7. The number of hydrogen-bond donors (Lipinski definition) is 0. The van der Waals surface area contributed by atoms with Gasteiger partial charge in [-0.05, 0) is 18.6 Å². The molecule has 11 heteroatoms. The highest BCUT2D eigenvalue weighted by Crippen LogP contribution is 2.29. The van der Waals surface area contributed by atoms with Gasteiger partial charge < -0.3 is 9.26 Å². The molecule has 0 saturated carbocycles. The Labute approximate surface area is 161 Å². The van der Waals surface area contributed by atoms with Crippen LogP contribution in [0.2, 0.25) is 0 Å². The maximum atomic E-state index is 14.0. The van der Waals surface area contributed by atoms with Crippen LogP contribution in [0.4, 0.5) is 22.4 Å². The zero-order chi connectivity index (χ0) is 21.0. The van der Waals surface area contributed by atoms with Gasteiger partial charge in [0, 0.05) is 23.0 Å². The Balaban J connectivity index is 1.56. The van der Waals surface area contributed by atoms with E-state index in [1.165, 1.54) is 30.5 Å². The van der Waals surface area contributed by atoms with Crippen molar-refractivity contribution in [1.29, 1.82) is 0 Å². The molecule has 0 spiro atoms. The van der Waals surface area contributed by atoms with E-state index >= 15 is 0 Å². The number of hydrogen-bond acceptors (Lipinski definition) is 6. The molecule has 0 saturated heterocycles. The lowest BCUT2D eigenvalue weighted by molar-refractivity contribution is -0.159. The SMILES string of the molecule is Cc1ccc(COC(=O)N(F)Cc2ccc(-c3noc(C(F)(F)F)n3)cc2)cn1. The van der Waals surface area contributed by atoms with Crippen LogP contribution in [0.1, 0.15) is 22.7 Å². The van der Waals surface area contributed by atoms with Crippen molar-refractivity contribution in [1.82, 2.24) is 20.2 Å². The molecule has 1 aromatic carbocycles. The summed E-state index contributed by atoms with van der Waals surface area (Å²) in [4.78, 5) is 19.0. The second-order valence-corrected chi connectivity index (χ2v) is 6.00. The maximum Gasteiger partial charge on any atom is 0.471 e. The van der Waals surface area contributed by atoms with Gasteiger partial charge in [-0.25, -0.2) is 4.79 Å². The van der Waals surface area contributed by atoms with Crippen molar-refractivity contribution < 1.29 is 31.7 Å². The van der Waals surface area contributed by atoms with Gasteiger partial charge in [-0.2, -0.15) is 18.2 Å². The predicted molar refractivity (Wildman–Crippen MR) is 90.5 cm³/mol. The minimum Gasteiger partial charge on any atom is -0.443 e. The number of amides is 1. The Kier molecular flexibility index (Phi) is 5.76. The highest BCUT2D eigenvalue weighted by Gasteiger charge is 2.38. The fourth-order valence-corrected chi connectivity index (χ4v) is 2.24. The van der Waals surface area contributed by atoms with Gasteiger partial charge in [0.15, 0.2) is 0 Å². The molecule has 0 radical (unpaired) electrons. The van der Waals surface area contributed by atoms with E-state index in [2.05, 4.69) is 19.6 Å². The fourth-order valence-electron chi connectivity index (χ4n) is 2.24. The second kappa shape index (κ2) is 8.25. The average Bonchev–Trinajstić information content (AvgIpc) is 3.18. The first-order valence-electron chi connectivity index (χ1n) is 8.24. The van der Waals surface area contributed by atoms with Crippen molar-refractivity contribution in [3.05, 3.63) is 65.3 Å². The molecule has 0 unspecified atom stereocenters.